The second kappa shape index (κ2) is 4.85. The predicted octanol–water partition coefficient (Wildman–Crippen LogP) is 1.20. The van der Waals surface area contributed by atoms with E-state index in [1.807, 2.05) is 0 Å². The van der Waals surface area contributed by atoms with Crippen LogP contribution in [0.5, 0.6) is 0 Å². The largest absolute Gasteiger partial charge is 0.288 e. The minimum Gasteiger partial charge on any atom is -0.288 e. The fourth-order valence-electron chi connectivity index (χ4n) is 1.84. The summed E-state index contributed by atoms with van der Waals surface area (Å²) in [6, 6.07) is 5.96. The average Bonchev–Trinajstić information content (AvgIpc) is 2.66. The van der Waals surface area contributed by atoms with Crippen LogP contribution in [0, 0.1) is 10.1 Å². The van der Waals surface area contributed by atoms with E-state index in [2.05, 4.69) is 4.99 Å². The van der Waals surface area contributed by atoms with E-state index >= 15 is 0 Å². The summed E-state index contributed by atoms with van der Waals surface area (Å²) in [6.45, 7) is 0. The first-order valence-corrected chi connectivity index (χ1v) is 7.27. The molecule has 7 heteroatoms. The topological polar surface area (TPSA) is 89.6 Å². The monoisotopic (exact) mass is 268 g/mol. The lowest BCUT2D eigenvalue weighted by Gasteiger charge is -2.00. The van der Waals surface area contributed by atoms with E-state index in [-0.39, 0.29) is 23.2 Å². The van der Waals surface area contributed by atoms with Crippen molar-refractivity contribution in [2.24, 2.45) is 4.99 Å². The summed E-state index contributed by atoms with van der Waals surface area (Å²) >= 11 is 0. The molecular weight excluding hydrogens is 256 g/mol. The van der Waals surface area contributed by atoms with E-state index in [1.54, 1.807) is 18.2 Å². The van der Waals surface area contributed by atoms with E-state index in [4.69, 9.17) is 0 Å². The number of nitro groups is 1. The minimum absolute atomic E-state index is 0.0258. The first kappa shape index (κ1) is 12.7. The lowest BCUT2D eigenvalue weighted by Crippen LogP contribution is -2.08. The number of para-hydroxylation sites is 1. The van der Waals surface area contributed by atoms with Gasteiger partial charge in [-0.05, 0) is 12.5 Å². The van der Waals surface area contributed by atoms with E-state index in [9.17, 15) is 18.5 Å². The van der Waals surface area contributed by atoms with Gasteiger partial charge in [-0.15, -0.1) is 0 Å². The molecule has 1 heterocycles. The fourth-order valence-corrected chi connectivity index (χ4v) is 3.48. The lowest BCUT2D eigenvalue weighted by molar-refractivity contribution is -0.385. The number of rotatable bonds is 3. The predicted molar refractivity (Wildman–Crippen MR) is 67.7 cm³/mol. The summed E-state index contributed by atoms with van der Waals surface area (Å²) < 4.78 is 22.5. The van der Waals surface area contributed by atoms with Crippen molar-refractivity contribution >= 4 is 21.7 Å². The smallest absolute Gasteiger partial charge is 0.278 e. The standard InChI is InChI=1S/C11H12N2O4S/c14-13(15)11-4-2-1-3-9(11)7-12-10-5-6-18(16,17)8-10/h1-4,7,10H,5-6,8H2. The van der Waals surface area contributed by atoms with Gasteiger partial charge < -0.3 is 0 Å². The molecule has 1 unspecified atom stereocenters. The van der Waals surface area contributed by atoms with Crippen LogP contribution < -0.4 is 0 Å². The van der Waals surface area contributed by atoms with Crippen molar-refractivity contribution < 1.29 is 13.3 Å². The highest BCUT2D eigenvalue weighted by Gasteiger charge is 2.27. The van der Waals surface area contributed by atoms with Crippen LogP contribution in [0.25, 0.3) is 0 Å². The van der Waals surface area contributed by atoms with E-state index in [0.29, 0.717) is 12.0 Å². The van der Waals surface area contributed by atoms with E-state index in [0.717, 1.165) is 0 Å². The molecule has 18 heavy (non-hydrogen) atoms. The zero-order chi connectivity index (χ0) is 13.2. The van der Waals surface area contributed by atoms with Crippen molar-refractivity contribution in [2.45, 2.75) is 12.5 Å². The Morgan fingerprint density at radius 1 is 1.39 bits per heavy atom. The van der Waals surface area contributed by atoms with Crippen LogP contribution in [-0.2, 0) is 9.84 Å². The molecule has 0 aromatic heterocycles. The van der Waals surface area contributed by atoms with Crippen LogP contribution in [0.3, 0.4) is 0 Å². The molecule has 1 aromatic carbocycles. The minimum atomic E-state index is -2.97. The molecule has 0 aliphatic carbocycles. The summed E-state index contributed by atoms with van der Waals surface area (Å²) in [4.78, 5) is 14.4. The molecule has 0 spiro atoms. The fraction of sp³-hybridized carbons (Fsp3) is 0.364. The van der Waals surface area contributed by atoms with Crippen molar-refractivity contribution in [1.82, 2.24) is 0 Å². The Kier molecular flexibility index (Phi) is 3.42. The lowest BCUT2D eigenvalue weighted by atomic mass is 10.2. The SMILES string of the molecule is O=[N+]([O-])c1ccccc1C=NC1CCS(=O)(=O)C1. The van der Waals surface area contributed by atoms with Gasteiger partial charge >= 0.3 is 0 Å². The van der Waals surface area contributed by atoms with Crippen LogP contribution in [-0.4, -0.2) is 37.1 Å². The van der Waals surface area contributed by atoms with Crippen LogP contribution in [0.1, 0.15) is 12.0 Å². The number of aliphatic imine (C=N–C) groups is 1. The van der Waals surface area contributed by atoms with Crippen molar-refractivity contribution in [3.8, 4) is 0 Å². The molecule has 1 saturated heterocycles. The summed E-state index contributed by atoms with van der Waals surface area (Å²) in [5.41, 5.74) is 0.369. The van der Waals surface area contributed by atoms with Gasteiger partial charge in [0.2, 0.25) is 0 Å². The molecule has 0 radical (unpaired) electrons. The molecule has 1 atom stereocenters. The Labute approximate surface area is 104 Å². The summed E-state index contributed by atoms with van der Waals surface area (Å²) in [5.74, 6) is 0.177. The Hall–Kier alpha value is -1.76. The third-order valence-corrected chi connectivity index (χ3v) is 4.52. The van der Waals surface area contributed by atoms with Crippen LogP contribution in [0.15, 0.2) is 29.3 Å². The Morgan fingerprint density at radius 2 is 2.11 bits per heavy atom. The van der Waals surface area contributed by atoms with Gasteiger partial charge in [-0.2, -0.15) is 0 Å². The Morgan fingerprint density at radius 3 is 2.72 bits per heavy atom. The summed E-state index contributed by atoms with van der Waals surface area (Å²) in [7, 11) is -2.97. The van der Waals surface area contributed by atoms with Crippen molar-refractivity contribution in [2.75, 3.05) is 11.5 Å². The van der Waals surface area contributed by atoms with Crippen molar-refractivity contribution in [3.05, 3.63) is 39.9 Å². The molecule has 0 bridgehead atoms. The molecule has 96 valence electrons. The third-order valence-electron chi connectivity index (χ3n) is 2.77. The van der Waals surface area contributed by atoms with Gasteiger partial charge in [-0.25, -0.2) is 8.42 Å². The number of sulfone groups is 1. The first-order chi connectivity index (χ1) is 8.48. The van der Waals surface area contributed by atoms with Gasteiger partial charge in [-0.1, -0.05) is 12.1 Å². The Bertz CT molecular complexity index is 595. The van der Waals surface area contributed by atoms with Gasteiger partial charge in [0.15, 0.2) is 9.84 Å². The maximum absolute atomic E-state index is 11.2. The zero-order valence-corrected chi connectivity index (χ0v) is 10.3. The first-order valence-electron chi connectivity index (χ1n) is 5.45. The van der Waals surface area contributed by atoms with Crippen molar-refractivity contribution in [1.29, 1.82) is 0 Å². The molecule has 0 N–H and O–H groups in total. The molecular formula is C11H12N2O4S. The van der Waals surface area contributed by atoms with Gasteiger partial charge in [0, 0.05) is 12.3 Å². The van der Waals surface area contributed by atoms with Gasteiger partial charge in [-0.3, -0.25) is 15.1 Å². The molecule has 1 fully saturated rings. The molecule has 1 aliphatic rings. The van der Waals surface area contributed by atoms with Crippen LogP contribution in [0.4, 0.5) is 5.69 Å². The maximum Gasteiger partial charge on any atom is 0.278 e. The second-order valence-electron chi connectivity index (χ2n) is 4.15. The van der Waals surface area contributed by atoms with E-state index in [1.165, 1.54) is 12.3 Å². The zero-order valence-electron chi connectivity index (χ0n) is 9.52. The highest BCUT2D eigenvalue weighted by atomic mass is 32.2. The van der Waals surface area contributed by atoms with Gasteiger partial charge in [0.25, 0.3) is 5.69 Å². The highest BCUT2D eigenvalue weighted by molar-refractivity contribution is 7.91. The van der Waals surface area contributed by atoms with Crippen LogP contribution >= 0.6 is 0 Å². The molecule has 0 saturated carbocycles. The third kappa shape index (κ3) is 2.92. The number of hydrogen-bond acceptors (Lipinski definition) is 5. The summed E-state index contributed by atoms with van der Waals surface area (Å²) in [5, 5.41) is 10.8. The number of nitro benzene ring substituents is 1. The molecule has 1 aromatic rings. The van der Waals surface area contributed by atoms with E-state index < -0.39 is 14.8 Å². The number of hydrogen-bond donors (Lipinski definition) is 0. The van der Waals surface area contributed by atoms with Crippen LogP contribution in [0.2, 0.25) is 0 Å². The summed E-state index contributed by atoms with van der Waals surface area (Å²) in [6.07, 6.45) is 1.88. The maximum atomic E-state index is 11.2. The van der Waals surface area contributed by atoms with Gasteiger partial charge in [0.1, 0.15) is 0 Å². The van der Waals surface area contributed by atoms with Crippen molar-refractivity contribution in [3.63, 3.8) is 0 Å². The normalized spacial score (nSPS) is 22.3. The quantitative estimate of drug-likeness (QED) is 0.468. The average molecular weight is 268 g/mol. The molecule has 6 nitrogen and oxygen atoms in total. The highest BCUT2D eigenvalue weighted by Crippen LogP contribution is 2.18. The molecule has 1 aliphatic heterocycles. The Balaban J connectivity index is 2.17. The molecule has 2 rings (SSSR count). The number of nitrogens with zero attached hydrogens (tertiary/aromatic N) is 2. The van der Waals surface area contributed by atoms with Gasteiger partial charge in [0.05, 0.1) is 28.0 Å². The number of benzene rings is 1. The second-order valence-corrected chi connectivity index (χ2v) is 6.38. The molecule has 0 amide bonds.